The first kappa shape index (κ1) is 14.6. The summed E-state index contributed by atoms with van der Waals surface area (Å²) in [5.74, 6) is 1.26. The first-order valence-corrected chi connectivity index (χ1v) is 7.19. The van der Waals surface area contributed by atoms with Gasteiger partial charge in [0.15, 0.2) is 0 Å². The van der Waals surface area contributed by atoms with Crippen molar-refractivity contribution in [2.75, 3.05) is 6.61 Å². The van der Waals surface area contributed by atoms with Gasteiger partial charge in [0.05, 0.1) is 17.6 Å². The smallest absolute Gasteiger partial charge is 0.135 e. The lowest BCUT2D eigenvalue weighted by Gasteiger charge is -2.15. The molecule has 0 aliphatic carbocycles. The average molecular weight is 298 g/mol. The van der Waals surface area contributed by atoms with Gasteiger partial charge in [0.1, 0.15) is 30.9 Å². The van der Waals surface area contributed by atoms with E-state index >= 15 is 0 Å². The number of aliphatic hydroxyl groups is 2. The molecule has 1 atom stereocenters. The summed E-state index contributed by atoms with van der Waals surface area (Å²) in [6.45, 7) is 0.339. The molecule has 0 bridgehead atoms. The lowest BCUT2D eigenvalue weighted by Crippen LogP contribution is -2.24. The minimum atomic E-state index is -0.692. The van der Waals surface area contributed by atoms with Crippen molar-refractivity contribution in [3.63, 3.8) is 0 Å². The third-order valence-electron chi connectivity index (χ3n) is 3.45. The fraction of sp³-hybridized carbons (Fsp3) is 0.235. The summed E-state index contributed by atoms with van der Waals surface area (Å²) in [5, 5.41) is 19.7. The average Bonchev–Trinajstić information content (AvgIpc) is 2.92. The minimum absolute atomic E-state index is 0.166. The number of aromatic nitrogens is 2. The molecule has 0 aliphatic rings. The van der Waals surface area contributed by atoms with E-state index in [2.05, 4.69) is 4.98 Å². The number of fused-ring (bicyclic) bond motifs is 1. The van der Waals surface area contributed by atoms with Crippen LogP contribution in [0.4, 0.5) is 0 Å². The summed E-state index contributed by atoms with van der Waals surface area (Å²) in [6, 6.07) is 17.0. The van der Waals surface area contributed by atoms with Crippen LogP contribution in [0.5, 0.6) is 5.75 Å². The molecule has 2 aromatic carbocycles. The summed E-state index contributed by atoms with van der Waals surface area (Å²) in [5.41, 5.74) is 1.70. The molecule has 0 amide bonds. The maximum absolute atomic E-state index is 10.2. The maximum Gasteiger partial charge on any atom is 0.135 e. The normalized spacial score (nSPS) is 12.5. The van der Waals surface area contributed by atoms with Crippen LogP contribution in [0, 0.1) is 0 Å². The van der Waals surface area contributed by atoms with E-state index in [-0.39, 0.29) is 13.2 Å². The Hall–Kier alpha value is -2.37. The minimum Gasteiger partial charge on any atom is -0.491 e. The van der Waals surface area contributed by atoms with Crippen molar-refractivity contribution in [2.45, 2.75) is 19.3 Å². The SMILES string of the molecule is OCc1nc2ccccc2n1C[C@H](O)COc1ccccc1. The first-order chi connectivity index (χ1) is 10.8. The van der Waals surface area contributed by atoms with Gasteiger partial charge in [-0.05, 0) is 24.3 Å². The topological polar surface area (TPSA) is 67.5 Å². The Morgan fingerprint density at radius 2 is 1.77 bits per heavy atom. The first-order valence-electron chi connectivity index (χ1n) is 7.19. The van der Waals surface area contributed by atoms with Crippen molar-refractivity contribution < 1.29 is 14.9 Å². The van der Waals surface area contributed by atoms with E-state index < -0.39 is 6.10 Å². The summed E-state index contributed by atoms with van der Waals surface area (Å²) in [7, 11) is 0. The van der Waals surface area contributed by atoms with Crippen LogP contribution in [0.15, 0.2) is 54.6 Å². The highest BCUT2D eigenvalue weighted by Gasteiger charge is 2.14. The van der Waals surface area contributed by atoms with Crippen LogP contribution in [-0.4, -0.2) is 32.5 Å². The number of ether oxygens (including phenoxy) is 1. The van der Waals surface area contributed by atoms with Gasteiger partial charge in [0.2, 0.25) is 0 Å². The van der Waals surface area contributed by atoms with Gasteiger partial charge in [-0.1, -0.05) is 30.3 Å². The van der Waals surface area contributed by atoms with E-state index in [9.17, 15) is 10.2 Å². The van der Waals surface area contributed by atoms with E-state index in [1.165, 1.54) is 0 Å². The predicted octanol–water partition coefficient (Wildman–Crippen LogP) is 1.97. The molecule has 0 saturated carbocycles. The summed E-state index contributed by atoms with van der Waals surface area (Å²) in [4.78, 5) is 4.36. The molecule has 5 nitrogen and oxygen atoms in total. The number of hydrogen-bond acceptors (Lipinski definition) is 4. The van der Waals surface area contributed by atoms with Crippen molar-refractivity contribution in [3.8, 4) is 5.75 Å². The molecule has 22 heavy (non-hydrogen) atoms. The maximum atomic E-state index is 10.2. The van der Waals surface area contributed by atoms with Crippen LogP contribution in [0.3, 0.4) is 0 Å². The largest absolute Gasteiger partial charge is 0.491 e. The van der Waals surface area contributed by atoms with E-state index in [1.807, 2.05) is 59.2 Å². The highest BCUT2D eigenvalue weighted by molar-refractivity contribution is 5.75. The lowest BCUT2D eigenvalue weighted by molar-refractivity contribution is 0.0915. The highest BCUT2D eigenvalue weighted by atomic mass is 16.5. The van der Waals surface area contributed by atoms with Crippen molar-refractivity contribution in [1.82, 2.24) is 9.55 Å². The Labute approximate surface area is 128 Å². The van der Waals surface area contributed by atoms with Gasteiger partial charge in [-0.3, -0.25) is 0 Å². The number of benzene rings is 2. The lowest BCUT2D eigenvalue weighted by atomic mass is 10.3. The molecule has 1 heterocycles. The Balaban J connectivity index is 1.72. The third-order valence-corrected chi connectivity index (χ3v) is 3.45. The second-order valence-corrected chi connectivity index (χ2v) is 5.06. The van der Waals surface area contributed by atoms with Crippen molar-refractivity contribution in [3.05, 3.63) is 60.4 Å². The van der Waals surface area contributed by atoms with Crippen molar-refractivity contribution >= 4 is 11.0 Å². The molecule has 3 rings (SSSR count). The summed E-state index contributed by atoms with van der Waals surface area (Å²) >= 11 is 0. The molecule has 1 aromatic heterocycles. The molecular weight excluding hydrogens is 280 g/mol. The van der Waals surface area contributed by atoms with Gasteiger partial charge in [-0.15, -0.1) is 0 Å². The number of aliphatic hydroxyl groups excluding tert-OH is 2. The second kappa shape index (κ2) is 6.60. The van der Waals surface area contributed by atoms with Gasteiger partial charge in [0, 0.05) is 0 Å². The molecule has 3 aromatic rings. The molecule has 0 fully saturated rings. The number of hydrogen-bond donors (Lipinski definition) is 2. The molecule has 5 heteroatoms. The van der Waals surface area contributed by atoms with Crippen LogP contribution in [0.25, 0.3) is 11.0 Å². The van der Waals surface area contributed by atoms with Gasteiger partial charge in [-0.2, -0.15) is 0 Å². The number of imidazole rings is 1. The molecule has 114 valence electrons. The Morgan fingerprint density at radius 1 is 1.05 bits per heavy atom. The van der Waals surface area contributed by atoms with E-state index in [4.69, 9.17) is 4.74 Å². The van der Waals surface area contributed by atoms with Gasteiger partial charge in [0.25, 0.3) is 0 Å². The Bertz CT molecular complexity index is 740. The summed E-state index contributed by atoms with van der Waals surface area (Å²) < 4.78 is 7.38. The van der Waals surface area contributed by atoms with Gasteiger partial charge < -0.3 is 19.5 Å². The van der Waals surface area contributed by atoms with E-state index in [0.29, 0.717) is 12.4 Å². The van der Waals surface area contributed by atoms with E-state index in [1.54, 1.807) is 0 Å². The molecular formula is C17H18N2O3. The Morgan fingerprint density at radius 3 is 2.55 bits per heavy atom. The number of rotatable bonds is 6. The fourth-order valence-corrected chi connectivity index (χ4v) is 2.42. The van der Waals surface area contributed by atoms with Crippen LogP contribution in [-0.2, 0) is 13.2 Å². The summed E-state index contributed by atoms with van der Waals surface area (Å²) in [6.07, 6.45) is -0.692. The van der Waals surface area contributed by atoms with E-state index in [0.717, 1.165) is 16.8 Å². The van der Waals surface area contributed by atoms with Crippen LogP contribution in [0.2, 0.25) is 0 Å². The van der Waals surface area contributed by atoms with Crippen molar-refractivity contribution in [1.29, 1.82) is 0 Å². The zero-order chi connectivity index (χ0) is 15.4. The Kier molecular flexibility index (Phi) is 4.37. The fourth-order valence-electron chi connectivity index (χ4n) is 2.42. The molecule has 0 radical (unpaired) electrons. The quantitative estimate of drug-likeness (QED) is 0.730. The zero-order valence-corrected chi connectivity index (χ0v) is 12.1. The van der Waals surface area contributed by atoms with Crippen LogP contribution >= 0.6 is 0 Å². The second-order valence-electron chi connectivity index (χ2n) is 5.06. The number of para-hydroxylation sites is 3. The van der Waals surface area contributed by atoms with Gasteiger partial charge >= 0.3 is 0 Å². The third kappa shape index (κ3) is 3.10. The monoisotopic (exact) mass is 298 g/mol. The molecule has 0 spiro atoms. The highest BCUT2D eigenvalue weighted by Crippen LogP contribution is 2.17. The zero-order valence-electron chi connectivity index (χ0n) is 12.1. The molecule has 2 N–H and O–H groups in total. The van der Waals surface area contributed by atoms with Crippen LogP contribution < -0.4 is 4.74 Å². The molecule has 0 saturated heterocycles. The predicted molar refractivity (Wildman–Crippen MR) is 83.6 cm³/mol. The number of nitrogens with zero attached hydrogens (tertiary/aromatic N) is 2. The van der Waals surface area contributed by atoms with Crippen molar-refractivity contribution in [2.24, 2.45) is 0 Å². The van der Waals surface area contributed by atoms with Gasteiger partial charge in [-0.25, -0.2) is 4.98 Å². The van der Waals surface area contributed by atoms with Crippen LogP contribution in [0.1, 0.15) is 5.82 Å². The molecule has 0 aliphatic heterocycles. The standard InChI is InChI=1S/C17H18N2O3/c20-11-17-18-15-8-4-5-9-16(15)19(17)10-13(21)12-22-14-6-2-1-3-7-14/h1-9,13,20-21H,10-12H2/t13-/m0/s1. The molecule has 0 unspecified atom stereocenters.